The smallest absolute Gasteiger partial charge is 0.272 e. The van der Waals surface area contributed by atoms with Crippen molar-refractivity contribution in [1.82, 2.24) is 10.3 Å². The summed E-state index contributed by atoms with van der Waals surface area (Å²) in [5.74, 6) is 0.642. The predicted octanol–water partition coefficient (Wildman–Crippen LogP) is 3.51. The first-order chi connectivity index (χ1) is 14.2. The number of benzene rings is 2. The molecule has 1 amide bonds. The zero-order valence-corrected chi connectivity index (χ0v) is 17.1. The van der Waals surface area contributed by atoms with Crippen LogP contribution in [0.1, 0.15) is 21.5 Å². The van der Waals surface area contributed by atoms with Crippen LogP contribution in [0, 0.1) is 0 Å². The van der Waals surface area contributed by atoms with Crippen LogP contribution in [0.25, 0.3) is 10.1 Å². The molecular formula is C22H23N3O3S. The summed E-state index contributed by atoms with van der Waals surface area (Å²) in [7, 11) is 1.68. The molecule has 0 atom stereocenters. The molecule has 0 radical (unpaired) electrons. The van der Waals surface area contributed by atoms with Crippen LogP contribution in [0.4, 0.5) is 0 Å². The minimum absolute atomic E-state index is 0.208. The quantitative estimate of drug-likeness (QED) is 0.500. The molecule has 1 aliphatic rings. The lowest BCUT2D eigenvalue weighted by molar-refractivity contribution is 0.0339. The first-order valence-electron chi connectivity index (χ1n) is 9.51. The van der Waals surface area contributed by atoms with Gasteiger partial charge in [-0.05, 0) is 29.8 Å². The van der Waals surface area contributed by atoms with Crippen molar-refractivity contribution in [3.8, 4) is 5.75 Å². The van der Waals surface area contributed by atoms with E-state index in [2.05, 4.69) is 15.4 Å². The van der Waals surface area contributed by atoms with E-state index in [1.165, 1.54) is 0 Å². The number of rotatable bonds is 6. The maximum atomic E-state index is 12.5. The fourth-order valence-electron chi connectivity index (χ4n) is 3.38. The Balaban J connectivity index is 1.44. The van der Waals surface area contributed by atoms with Gasteiger partial charge in [-0.3, -0.25) is 9.69 Å². The summed E-state index contributed by atoms with van der Waals surface area (Å²) in [5, 5.41) is 6.96. The predicted molar refractivity (Wildman–Crippen MR) is 116 cm³/mol. The minimum Gasteiger partial charge on any atom is -0.496 e. The highest BCUT2D eigenvalue weighted by molar-refractivity contribution is 7.17. The molecule has 0 bridgehead atoms. The summed E-state index contributed by atoms with van der Waals surface area (Å²) in [6, 6.07) is 13.8. The standard InChI is InChI=1S/C22H23N3O3S/c1-27-20-7-6-16(12-17(20)14-25-8-10-28-11-9-25)13-23-24-22(26)19-15-29-21-5-3-2-4-18(19)21/h2-7,12-13,15H,8-11,14H2,1H3,(H,24,26). The number of thiophene rings is 1. The first kappa shape index (κ1) is 19.6. The number of hydrogen-bond donors (Lipinski definition) is 1. The van der Waals surface area contributed by atoms with Crippen molar-refractivity contribution in [3.63, 3.8) is 0 Å². The summed E-state index contributed by atoms with van der Waals surface area (Å²) in [6.45, 7) is 4.12. The van der Waals surface area contributed by atoms with Gasteiger partial charge in [0, 0.05) is 40.7 Å². The molecule has 2 heterocycles. The van der Waals surface area contributed by atoms with E-state index < -0.39 is 0 Å². The SMILES string of the molecule is COc1ccc(C=NNC(=O)c2csc3ccccc23)cc1CN1CCOCC1. The third-order valence-electron chi connectivity index (χ3n) is 4.91. The Bertz CT molecular complexity index is 1030. The molecule has 29 heavy (non-hydrogen) atoms. The van der Waals surface area contributed by atoms with Crippen molar-refractivity contribution in [1.29, 1.82) is 0 Å². The van der Waals surface area contributed by atoms with Crippen LogP contribution in [-0.2, 0) is 11.3 Å². The average Bonchev–Trinajstić information content (AvgIpc) is 3.19. The van der Waals surface area contributed by atoms with E-state index in [4.69, 9.17) is 9.47 Å². The summed E-state index contributed by atoms with van der Waals surface area (Å²) in [6.07, 6.45) is 1.66. The van der Waals surface area contributed by atoms with Gasteiger partial charge in [0.25, 0.3) is 5.91 Å². The number of hydrogen-bond acceptors (Lipinski definition) is 6. The molecule has 1 fully saturated rings. The molecule has 0 saturated carbocycles. The summed E-state index contributed by atoms with van der Waals surface area (Å²) >= 11 is 1.55. The second-order valence-electron chi connectivity index (χ2n) is 6.80. The van der Waals surface area contributed by atoms with Crippen molar-refractivity contribution < 1.29 is 14.3 Å². The Morgan fingerprint density at radius 1 is 1.28 bits per heavy atom. The van der Waals surface area contributed by atoms with Crippen molar-refractivity contribution in [3.05, 3.63) is 64.5 Å². The molecular weight excluding hydrogens is 386 g/mol. The number of ether oxygens (including phenoxy) is 2. The molecule has 1 aliphatic heterocycles. The molecule has 6 nitrogen and oxygen atoms in total. The summed E-state index contributed by atoms with van der Waals surface area (Å²) in [4.78, 5) is 14.8. The second kappa shape index (κ2) is 9.17. The van der Waals surface area contributed by atoms with E-state index >= 15 is 0 Å². The van der Waals surface area contributed by atoms with E-state index in [-0.39, 0.29) is 5.91 Å². The third kappa shape index (κ3) is 4.64. The second-order valence-corrected chi connectivity index (χ2v) is 7.72. The van der Waals surface area contributed by atoms with Gasteiger partial charge in [-0.15, -0.1) is 11.3 Å². The maximum Gasteiger partial charge on any atom is 0.272 e. The van der Waals surface area contributed by atoms with E-state index in [1.54, 1.807) is 24.7 Å². The molecule has 4 rings (SSSR count). The molecule has 0 unspecified atom stereocenters. The van der Waals surface area contributed by atoms with Crippen molar-refractivity contribution in [2.24, 2.45) is 5.10 Å². The molecule has 1 saturated heterocycles. The number of hydrazone groups is 1. The number of nitrogens with one attached hydrogen (secondary N) is 1. The molecule has 0 aliphatic carbocycles. The number of nitrogens with zero attached hydrogens (tertiary/aromatic N) is 2. The van der Waals surface area contributed by atoms with Gasteiger partial charge in [0.2, 0.25) is 0 Å². The van der Waals surface area contributed by atoms with E-state index in [9.17, 15) is 4.79 Å². The summed E-state index contributed by atoms with van der Waals surface area (Å²) in [5.41, 5.74) is 5.28. The number of amides is 1. The van der Waals surface area contributed by atoms with Crippen LogP contribution in [0.3, 0.4) is 0 Å². The van der Waals surface area contributed by atoms with E-state index in [1.807, 2.05) is 47.8 Å². The van der Waals surface area contributed by atoms with Crippen LogP contribution in [0.5, 0.6) is 5.75 Å². The number of morpholine rings is 1. The number of fused-ring (bicyclic) bond motifs is 1. The fraction of sp³-hybridized carbons (Fsp3) is 0.273. The number of carbonyl (C=O) groups is 1. The Morgan fingerprint density at radius 3 is 2.93 bits per heavy atom. The third-order valence-corrected chi connectivity index (χ3v) is 5.87. The van der Waals surface area contributed by atoms with Gasteiger partial charge in [-0.25, -0.2) is 5.43 Å². The van der Waals surface area contributed by atoms with Gasteiger partial charge in [0.15, 0.2) is 0 Å². The number of carbonyl (C=O) groups excluding carboxylic acids is 1. The van der Waals surface area contributed by atoms with Gasteiger partial charge in [0.05, 0.1) is 32.1 Å². The lowest BCUT2D eigenvalue weighted by Gasteiger charge is -2.27. The van der Waals surface area contributed by atoms with Crippen LogP contribution in [0.2, 0.25) is 0 Å². The normalized spacial score (nSPS) is 15.1. The summed E-state index contributed by atoms with van der Waals surface area (Å²) < 4.78 is 12.0. The Kier molecular flexibility index (Phi) is 6.19. The first-order valence-corrected chi connectivity index (χ1v) is 10.4. The highest BCUT2D eigenvalue weighted by Gasteiger charge is 2.14. The molecule has 150 valence electrons. The lowest BCUT2D eigenvalue weighted by atomic mass is 10.1. The van der Waals surface area contributed by atoms with Crippen molar-refractivity contribution in [2.45, 2.75) is 6.54 Å². The maximum absolute atomic E-state index is 12.5. The average molecular weight is 410 g/mol. The van der Waals surface area contributed by atoms with Crippen LogP contribution < -0.4 is 10.2 Å². The van der Waals surface area contributed by atoms with Gasteiger partial charge in [-0.1, -0.05) is 18.2 Å². The van der Waals surface area contributed by atoms with Crippen LogP contribution >= 0.6 is 11.3 Å². The monoisotopic (exact) mass is 409 g/mol. The Hall–Kier alpha value is -2.74. The van der Waals surface area contributed by atoms with Crippen molar-refractivity contribution >= 4 is 33.5 Å². The highest BCUT2D eigenvalue weighted by atomic mass is 32.1. The molecule has 1 N–H and O–H groups in total. The largest absolute Gasteiger partial charge is 0.496 e. The van der Waals surface area contributed by atoms with Gasteiger partial charge in [-0.2, -0.15) is 5.10 Å². The Morgan fingerprint density at radius 2 is 2.10 bits per heavy atom. The van der Waals surface area contributed by atoms with E-state index in [0.717, 1.165) is 59.8 Å². The zero-order chi connectivity index (χ0) is 20.1. The lowest BCUT2D eigenvalue weighted by Crippen LogP contribution is -2.35. The van der Waals surface area contributed by atoms with Crippen LogP contribution in [-0.4, -0.2) is 50.4 Å². The van der Waals surface area contributed by atoms with Gasteiger partial charge in [0.1, 0.15) is 5.75 Å². The Labute approximate surface area is 173 Å². The van der Waals surface area contributed by atoms with Crippen molar-refractivity contribution in [2.75, 3.05) is 33.4 Å². The van der Waals surface area contributed by atoms with Crippen LogP contribution in [0.15, 0.2) is 52.9 Å². The number of methoxy groups -OCH3 is 1. The highest BCUT2D eigenvalue weighted by Crippen LogP contribution is 2.25. The molecule has 2 aromatic carbocycles. The minimum atomic E-state index is -0.208. The van der Waals surface area contributed by atoms with Gasteiger partial charge < -0.3 is 9.47 Å². The molecule has 1 aromatic heterocycles. The molecule has 0 spiro atoms. The fourth-order valence-corrected chi connectivity index (χ4v) is 4.32. The topological polar surface area (TPSA) is 63.2 Å². The van der Waals surface area contributed by atoms with E-state index in [0.29, 0.717) is 5.56 Å². The van der Waals surface area contributed by atoms with Gasteiger partial charge >= 0.3 is 0 Å². The molecule has 7 heteroatoms. The zero-order valence-electron chi connectivity index (χ0n) is 16.3. The molecule has 3 aromatic rings.